The van der Waals surface area contributed by atoms with Gasteiger partial charge in [0.1, 0.15) is 0 Å². The van der Waals surface area contributed by atoms with Crippen molar-refractivity contribution in [1.29, 1.82) is 0 Å². The topological polar surface area (TPSA) is 91.0 Å². The zero-order valence-electron chi connectivity index (χ0n) is 23.6. The summed E-state index contributed by atoms with van der Waals surface area (Å²) in [5.74, 6) is 1.30. The van der Waals surface area contributed by atoms with Crippen LogP contribution in [-0.2, 0) is 6.54 Å². The molecule has 2 aromatic heterocycles. The molecule has 0 aliphatic heterocycles. The summed E-state index contributed by atoms with van der Waals surface area (Å²) in [5.41, 5.74) is 6.28. The third kappa shape index (κ3) is 5.98. The Kier molecular flexibility index (Phi) is 8.65. The van der Waals surface area contributed by atoms with Gasteiger partial charge in [-0.05, 0) is 94.5 Å². The minimum Gasteiger partial charge on any atom is -0.369 e. The highest BCUT2D eigenvalue weighted by Gasteiger charge is 2.29. The Morgan fingerprint density at radius 1 is 1.11 bits per heavy atom. The maximum absolute atomic E-state index is 13.6. The van der Waals surface area contributed by atoms with Crippen molar-refractivity contribution < 1.29 is 4.79 Å². The van der Waals surface area contributed by atoms with Crippen LogP contribution < -0.4 is 15.8 Å². The minimum atomic E-state index is -0.201. The molecule has 1 aliphatic rings. The van der Waals surface area contributed by atoms with Gasteiger partial charge in [-0.3, -0.25) is 19.6 Å². The average molecular weight is 516 g/mol. The molecule has 0 unspecified atom stereocenters. The summed E-state index contributed by atoms with van der Waals surface area (Å²) in [7, 11) is 0. The number of pyridine rings is 1. The van der Waals surface area contributed by atoms with Crippen LogP contribution in [0.15, 0.2) is 41.6 Å². The Labute approximate surface area is 226 Å². The van der Waals surface area contributed by atoms with E-state index in [1.54, 1.807) is 18.6 Å². The fourth-order valence-corrected chi connectivity index (χ4v) is 5.90. The Bertz CT molecular complexity index is 1320. The van der Waals surface area contributed by atoms with Crippen LogP contribution >= 0.6 is 0 Å². The zero-order valence-corrected chi connectivity index (χ0v) is 23.6. The second-order valence-electron chi connectivity index (χ2n) is 11.0. The molecule has 1 amide bonds. The molecule has 0 saturated heterocycles. The van der Waals surface area contributed by atoms with E-state index in [2.05, 4.69) is 52.0 Å². The average Bonchev–Trinajstić information content (AvgIpc) is 2.90. The molecule has 0 bridgehead atoms. The number of hydrogen-bond donors (Lipinski definition) is 2. The van der Waals surface area contributed by atoms with Crippen LogP contribution in [0.4, 0.5) is 5.69 Å². The number of nitrogens with one attached hydrogen (secondary N) is 2. The van der Waals surface area contributed by atoms with Crippen molar-refractivity contribution in [3.63, 3.8) is 0 Å². The number of H-pyrrole nitrogens is 1. The minimum absolute atomic E-state index is 0.164. The quantitative estimate of drug-likeness (QED) is 0.400. The Morgan fingerprint density at radius 2 is 1.84 bits per heavy atom. The van der Waals surface area contributed by atoms with Gasteiger partial charge in [0.05, 0.1) is 11.9 Å². The Hall–Kier alpha value is -3.48. The van der Waals surface area contributed by atoms with Gasteiger partial charge in [0, 0.05) is 59.6 Å². The van der Waals surface area contributed by atoms with E-state index in [1.807, 2.05) is 32.9 Å². The van der Waals surface area contributed by atoms with Crippen LogP contribution in [0, 0.1) is 32.6 Å². The van der Waals surface area contributed by atoms with E-state index in [-0.39, 0.29) is 18.0 Å². The zero-order chi connectivity index (χ0) is 27.4. The van der Waals surface area contributed by atoms with Crippen LogP contribution in [0.5, 0.6) is 0 Å². The normalized spacial score (nSPS) is 17.4. The van der Waals surface area contributed by atoms with Crippen molar-refractivity contribution in [1.82, 2.24) is 20.3 Å². The molecule has 2 N–H and O–H groups in total. The van der Waals surface area contributed by atoms with Crippen LogP contribution in [0.1, 0.15) is 79.2 Å². The highest BCUT2D eigenvalue weighted by Crippen LogP contribution is 2.37. The first-order chi connectivity index (χ1) is 18.2. The van der Waals surface area contributed by atoms with Crippen molar-refractivity contribution >= 4 is 11.6 Å². The van der Waals surface area contributed by atoms with Crippen molar-refractivity contribution in [3.8, 4) is 11.3 Å². The molecule has 0 spiro atoms. The molecule has 202 valence electrons. The smallest absolute Gasteiger partial charge is 0.253 e. The number of rotatable bonds is 8. The number of nitrogens with zero attached hydrogens (tertiary/aromatic N) is 3. The number of amides is 1. The first-order valence-corrected chi connectivity index (χ1v) is 13.8. The molecule has 7 heteroatoms. The van der Waals surface area contributed by atoms with Crippen LogP contribution in [0.3, 0.4) is 0 Å². The van der Waals surface area contributed by atoms with Crippen molar-refractivity contribution in [2.75, 3.05) is 11.4 Å². The third-order valence-electron chi connectivity index (χ3n) is 8.18. The fourth-order valence-electron chi connectivity index (χ4n) is 5.90. The number of hydrogen-bond acceptors (Lipinski definition) is 5. The molecule has 4 rings (SSSR count). The summed E-state index contributed by atoms with van der Waals surface area (Å²) < 4.78 is 0. The predicted molar refractivity (Wildman–Crippen MR) is 154 cm³/mol. The lowest BCUT2D eigenvalue weighted by molar-refractivity contribution is 0.0950. The molecular weight excluding hydrogens is 474 g/mol. The Balaban J connectivity index is 1.68. The van der Waals surface area contributed by atoms with Gasteiger partial charge < -0.3 is 15.2 Å². The largest absolute Gasteiger partial charge is 0.369 e. The molecule has 0 radical (unpaired) electrons. The maximum Gasteiger partial charge on any atom is 0.253 e. The molecule has 7 nitrogen and oxygen atoms in total. The second kappa shape index (κ2) is 11.9. The number of aromatic nitrogens is 3. The molecule has 1 aliphatic carbocycles. The van der Waals surface area contributed by atoms with E-state index in [0.29, 0.717) is 23.1 Å². The van der Waals surface area contributed by atoms with Crippen LogP contribution in [-0.4, -0.2) is 33.4 Å². The van der Waals surface area contributed by atoms with Crippen LogP contribution in [0.25, 0.3) is 11.3 Å². The van der Waals surface area contributed by atoms with Gasteiger partial charge in [0.25, 0.3) is 11.5 Å². The van der Waals surface area contributed by atoms with E-state index in [0.717, 1.165) is 59.1 Å². The number of anilines is 1. The summed E-state index contributed by atoms with van der Waals surface area (Å²) in [4.78, 5) is 40.2. The van der Waals surface area contributed by atoms with Gasteiger partial charge in [0.2, 0.25) is 0 Å². The molecule has 1 saturated carbocycles. The van der Waals surface area contributed by atoms with Gasteiger partial charge in [-0.15, -0.1) is 0 Å². The van der Waals surface area contributed by atoms with Gasteiger partial charge in [-0.25, -0.2) is 0 Å². The van der Waals surface area contributed by atoms with Crippen molar-refractivity contribution in [2.45, 2.75) is 79.8 Å². The van der Waals surface area contributed by atoms with E-state index in [9.17, 15) is 9.59 Å². The first kappa shape index (κ1) is 27.6. The summed E-state index contributed by atoms with van der Waals surface area (Å²) in [5, 5.41) is 3.00. The highest BCUT2D eigenvalue weighted by atomic mass is 16.1. The number of carbonyl (C=O) groups is 1. The van der Waals surface area contributed by atoms with E-state index in [4.69, 9.17) is 0 Å². The number of carbonyl (C=O) groups excluding carboxylic acids is 1. The SMILES string of the molecule is CCN(c1cc(-c2cnccn2)cc(C(=O)NCc2c(C)cc(C)[nH]c2=O)c1C)C1CCC(C(C)C)CC1. The molecule has 1 fully saturated rings. The first-order valence-electron chi connectivity index (χ1n) is 13.8. The summed E-state index contributed by atoms with van der Waals surface area (Å²) in [6.45, 7) is 13.7. The molecule has 3 aromatic rings. The van der Waals surface area contributed by atoms with E-state index >= 15 is 0 Å². The lowest BCUT2D eigenvalue weighted by Crippen LogP contribution is -2.39. The predicted octanol–water partition coefficient (Wildman–Crippen LogP) is 5.73. The standard InChI is InChI=1S/C31H41N5O2/c1-7-36(25-10-8-23(9-11-25)19(2)3)29-16-24(28-18-32-12-13-33-28)15-26(22(29)6)30(37)34-17-27-20(4)14-21(5)35-31(27)38/h12-16,18-19,23,25H,7-11,17H2,1-6H3,(H,34,37)(H,35,38). The Morgan fingerprint density at radius 3 is 2.45 bits per heavy atom. The van der Waals surface area contributed by atoms with E-state index < -0.39 is 0 Å². The van der Waals surface area contributed by atoms with Gasteiger partial charge >= 0.3 is 0 Å². The lowest BCUT2D eigenvalue weighted by atomic mass is 9.79. The van der Waals surface area contributed by atoms with Gasteiger partial charge in [-0.2, -0.15) is 0 Å². The monoisotopic (exact) mass is 515 g/mol. The number of aryl methyl sites for hydroxylation is 2. The van der Waals surface area contributed by atoms with E-state index in [1.165, 1.54) is 12.8 Å². The van der Waals surface area contributed by atoms with Crippen LogP contribution in [0.2, 0.25) is 0 Å². The van der Waals surface area contributed by atoms with Gasteiger partial charge in [-0.1, -0.05) is 13.8 Å². The second-order valence-corrected chi connectivity index (χ2v) is 11.0. The molecule has 2 heterocycles. The fraction of sp³-hybridized carbons (Fsp3) is 0.484. The molecule has 1 aromatic carbocycles. The molecule has 38 heavy (non-hydrogen) atoms. The summed E-state index contributed by atoms with van der Waals surface area (Å²) in [6.07, 6.45) is 9.84. The van der Waals surface area contributed by atoms with Gasteiger partial charge in [0.15, 0.2) is 0 Å². The molecule has 0 atom stereocenters. The lowest BCUT2D eigenvalue weighted by Gasteiger charge is -2.40. The molecular formula is C31H41N5O2. The maximum atomic E-state index is 13.6. The highest BCUT2D eigenvalue weighted by molar-refractivity contribution is 5.98. The summed E-state index contributed by atoms with van der Waals surface area (Å²) in [6, 6.07) is 6.42. The van der Waals surface area contributed by atoms with Crippen molar-refractivity contribution in [3.05, 3.63) is 75.1 Å². The van der Waals surface area contributed by atoms with Crippen molar-refractivity contribution in [2.24, 2.45) is 11.8 Å². The third-order valence-corrected chi connectivity index (χ3v) is 8.18. The number of benzene rings is 1. The summed E-state index contributed by atoms with van der Waals surface area (Å²) >= 11 is 0. The number of aromatic amines is 1.